The molecular weight excluding hydrogens is 184 g/mol. The van der Waals surface area contributed by atoms with Crippen molar-refractivity contribution in [2.75, 3.05) is 0 Å². The first kappa shape index (κ1) is 10.7. The first-order chi connectivity index (χ1) is 6.93. The third kappa shape index (κ3) is 1.58. The number of fused-ring (bicyclic) bond motifs is 1. The predicted molar refractivity (Wildman–Crippen MR) is 62.4 cm³/mol. The molecule has 0 radical (unpaired) electrons. The zero-order valence-corrected chi connectivity index (χ0v) is 10.1. The number of hydrogen-bond donors (Lipinski definition) is 0. The summed E-state index contributed by atoms with van der Waals surface area (Å²) in [6, 6.07) is 0. The van der Waals surface area contributed by atoms with Crippen LogP contribution in [0.4, 0.5) is 0 Å². The summed E-state index contributed by atoms with van der Waals surface area (Å²) < 4.78 is 0. The standard InChI is InChI=1S/C14H20O/c1-9-6-5-7-11-12(9)13(15)10(2)8-14(11,3)4/h5-6,8-9,11-12H,7H2,1-4H3/t9-,11+,12+/m1/s1. The van der Waals surface area contributed by atoms with E-state index in [1.165, 1.54) is 0 Å². The van der Waals surface area contributed by atoms with Gasteiger partial charge in [0.05, 0.1) is 0 Å². The van der Waals surface area contributed by atoms with Crippen molar-refractivity contribution in [1.29, 1.82) is 0 Å². The summed E-state index contributed by atoms with van der Waals surface area (Å²) in [5.74, 6) is 1.49. The molecule has 0 saturated carbocycles. The quantitative estimate of drug-likeness (QED) is 0.553. The molecule has 0 bridgehead atoms. The third-order valence-electron chi connectivity index (χ3n) is 4.07. The number of hydrogen-bond acceptors (Lipinski definition) is 1. The fourth-order valence-corrected chi connectivity index (χ4v) is 3.26. The molecule has 0 aliphatic heterocycles. The van der Waals surface area contributed by atoms with E-state index in [1.54, 1.807) is 0 Å². The van der Waals surface area contributed by atoms with Crippen LogP contribution in [0.25, 0.3) is 0 Å². The van der Waals surface area contributed by atoms with Gasteiger partial charge in [0.25, 0.3) is 0 Å². The summed E-state index contributed by atoms with van der Waals surface area (Å²) in [4.78, 5) is 12.2. The Bertz CT molecular complexity index is 346. The number of rotatable bonds is 0. The van der Waals surface area contributed by atoms with Crippen molar-refractivity contribution in [2.45, 2.75) is 34.1 Å². The summed E-state index contributed by atoms with van der Waals surface area (Å²) in [5, 5.41) is 0. The third-order valence-corrected chi connectivity index (χ3v) is 4.07. The van der Waals surface area contributed by atoms with Crippen molar-refractivity contribution in [3.05, 3.63) is 23.8 Å². The maximum absolute atomic E-state index is 12.2. The maximum Gasteiger partial charge on any atom is 0.162 e. The van der Waals surface area contributed by atoms with Crippen molar-refractivity contribution >= 4 is 5.78 Å². The van der Waals surface area contributed by atoms with E-state index in [0.29, 0.717) is 17.6 Å². The van der Waals surface area contributed by atoms with Gasteiger partial charge >= 0.3 is 0 Å². The molecule has 0 aromatic heterocycles. The molecule has 0 N–H and O–H groups in total. The van der Waals surface area contributed by atoms with Crippen LogP contribution in [0, 0.1) is 23.2 Å². The molecule has 0 spiro atoms. The average molecular weight is 204 g/mol. The van der Waals surface area contributed by atoms with E-state index < -0.39 is 0 Å². The average Bonchev–Trinajstić information content (AvgIpc) is 2.14. The molecule has 0 aromatic carbocycles. The lowest BCUT2D eigenvalue weighted by Gasteiger charge is -2.44. The van der Waals surface area contributed by atoms with Crippen LogP contribution in [0.15, 0.2) is 23.8 Å². The molecule has 2 rings (SSSR count). The predicted octanol–water partition coefficient (Wildman–Crippen LogP) is 3.37. The lowest BCUT2D eigenvalue weighted by atomic mass is 9.59. The molecule has 2 aliphatic rings. The van der Waals surface area contributed by atoms with E-state index in [0.717, 1.165) is 12.0 Å². The summed E-state index contributed by atoms with van der Waals surface area (Å²) in [5.41, 5.74) is 1.13. The summed E-state index contributed by atoms with van der Waals surface area (Å²) in [7, 11) is 0. The van der Waals surface area contributed by atoms with Crippen LogP contribution in [0.5, 0.6) is 0 Å². The Morgan fingerprint density at radius 3 is 2.73 bits per heavy atom. The van der Waals surface area contributed by atoms with Gasteiger partial charge in [-0.15, -0.1) is 0 Å². The fraction of sp³-hybridized carbons (Fsp3) is 0.643. The molecule has 0 fully saturated rings. The van der Waals surface area contributed by atoms with Gasteiger partial charge in [-0.25, -0.2) is 0 Å². The Morgan fingerprint density at radius 1 is 1.40 bits per heavy atom. The Labute approximate surface area is 92.3 Å². The molecule has 0 aromatic rings. The van der Waals surface area contributed by atoms with E-state index >= 15 is 0 Å². The van der Waals surface area contributed by atoms with Gasteiger partial charge in [0.2, 0.25) is 0 Å². The minimum absolute atomic E-state index is 0.168. The van der Waals surface area contributed by atoms with Gasteiger partial charge in [0, 0.05) is 5.92 Å². The second kappa shape index (κ2) is 3.33. The van der Waals surface area contributed by atoms with Gasteiger partial charge < -0.3 is 0 Å². The molecule has 0 heterocycles. The van der Waals surface area contributed by atoms with Crippen molar-refractivity contribution in [3.8, 4) is 0 Å². The second-order valence-electron chi connectivity index (χ2n) is 5.67. The monoisotopic (exact) mass is 204 g/mol. The minimum Gasteiger partial charge on any atom is -0.294 e. The van der Waals surface area contributed by atoms with Crippen LogP contribution in [-0.4, -0.2) is 5.78 Å². The number of Topliss-reactive ketones (excluding diaryl/α,β-unsaturated/α-hetero) is 1. The molecule has 3 atom stereocenters. The van der Waals surface area contributed by atoms with Gasteiger partial charge in [0.15, 0.2) is 5.78 Å². The van der Waals surface area contributed by atoms with Crippen molar-refractivity contribution in [3.63, 3.8) is 0 Å². The molecule has 2 aliphatic carbocycles. The zero-order valence-electron chi connectivity index (χ0n) is 10.1. The van der Waals surface area contributed by atoms with E-state index in [1.807, 2.05) is 6.92 Å². The normalized spacial score (nSPS) is 38.5. The van der Waals surface area contributed by atoms with Crippen LogP contribution >= 0.6 is 0 Å². The molecule has 15 heavy (non-hydrogen) atoms. The molecule has 0 saturated heterocycles. The molecule has 82 valence electrons. The van der Waals surface area contributed by atoms with Gasteiger partial charge in [-0.2, -0.15) is 0 Å². The Kier molecular flexibility index (Phi) is 2.37. The largest absolute Gasteiger partial charge is 0.294 e. The van der Waals surface area contributed by atoms with Crippen LogP contribution < -0.4 is 0 Å². The highest BCUT2D eigenvalue weighted by atomic mass is 16.1. The number of allylic oxidation sites excluding steroid dienone is 4. The highest BCUT2D eigenvalue weighted by Gasteiger charge is 2.44. The highest BCUT2D eigenvalue weighted by Crippen LogP contribution is 2.47. The lowest BCUT2D eigenvalue weighted by molar-refractivity contribution is -0.124. The maximum atomic E-state index is 12.2. The Hall–Kier alpha value is -0.850. The van der Waals surface area contributed by atoms with Crippen LogP contribution in [0.3, 0.4) is 0 Å². The van der Waals surface area contributed by atoms with Crippen molar-refractivity contribution in [2.24, 2.45) is 23.2 Å². The molecule has 1 heteroatoms. The topological polar surface area (TPSA) is 17.1 Å². The zero-order chi connectivity index (χ0) is 11.2. The minimum atomic E-state index is 0.168. The molecule has 1 nitrogen and oxygen atoms in total. The smallest absolute Gasteiger partial charge is 0.162 e. The van der Waals surface area contributed by atoms with E-state index in [4.69, 9.17) is 0 Å². The second-order valence-corrected chi connectivity index (χ2v) is 5.67. The first-order valence-corrected chi connectivity index (χ1v) is 5.84. The Balaban J connectivity index is 2.46. The van der Waals surface area contributed by atoms with E-state index in [2.05, 4.69) is 39.0 Å². The van der Waals surface area contributed by atoms with Crippen LogP contribution in [0.2, 0.25) is 0 Å². The number of ketones is 1. The first-order valence-electron chi connectivity index (χ1n) is 5.84. The molecular formula is C14H20O. The number of carbonyl (C=O) groups excluding carboxylic acids is 1. The summed E-state index contributed by atoms with van der Waals surface area (Å²) in [6.07, 6.45) is 7.67. The van der Waals surface area contributed by atoms with Crippen molar-refractivity contribution in [1.82, 2.24) is 0 Å². The van der Waals surface area contributed by atoms with Crippen molar-refractivity contribution < 1.29 is 4.79 Å². The number of carbonyl (C=O) groups is 1. The fourth-order valence-electron chi connectivity index (χ4n) is 3.26. The summed E-state index contributed by atoms with van der Waals surface area (Å²) in [6.45, 7) is 8.64. The van der Waals surface area contributed by atoms with Gasteiger partial charge in [-0.3, -0.25) is 4.79 Å². The molecule has 0 amide bonds. The van der Waals surface area contributed by atoms with Gasteiger partial charge in [-0.1, -0.05) is 39.0 Å². The highest BCUT2D eigenvalue weighted by molar-refractivity contribution is 5.98. The summed E-state index contributed by atoms with van der Waals surface area (Å²) >= 11 is 0. The van der Waals surface area contributed by atoms with Gasteiger partial charge in [0.1, 0.15) is 0 Å². The van der Waals surface area contributed by atoms with Crippen LogP contribution in [-0.2, 0) is 4.79 Å². The molecule has 0 unspecified atom stereocenters. The van der Waals surface area contributed by atoms with E-state index in [9.17, 15) is 4.79 Å². The Morgan fingerprint density at radius 2 is 2.07 bits per heavy atom. The SMILES string of the molecule is CC1=CC(C)(C)[C@H]2CC=C[C@@H](C)[C@@H]2C1=O. The van der Waals surface area contributed by atoms with Gasteiger partial charge in [-0.05, 0) is 36.2 Å². The lowest BCUT2D eigenvalue weighted by Crippen LogP contribution is -2.42. The van der Waals surface area contributed by atoms with E-state index in [-0.39, 0.29) is 11.3 Å². The van der Waals surface area contributed by atoms with Crippen LogP contribution in [0.1, 0.15) is 34.1 Å².